The third-order valence-corrected chi connectivity index (χ3v) is 6.30. The molecule has 0 spiro atoms. The van der Waals surface area contributed by atoms with Crippen LogP contribution < -0.4 is 0 Å². The van der Waals surface area contributed by atoms with Crippen LogP contribution in [0.15, 0.2) is 22.9 Å². The van der Waals surface area contributed by atoms with Gasteiger partial charge in [-0.05, 0) is 25.7 Å². The molecule has 0 amide bonds. The minimum atomic E-state index is -1.45. The van der Waals surface area contributed by atoms with Crippen molar-refractivity contribution >= 4 is 14.0 Å². The van der Waals surface area contributed by atoms with E-state index >= 15 is 0 Å². The lowest BCUT2D eigenvalue weighted by Gasteiger charge is -2.27. The summed E-state index contributed by atoms with van der Waals surface area (Å²) in [6, 6.07) is 0. The van der Waals surface area contributed by atoms with Crippen LogP contribution >= 0.6 is 0 Å². The van der Waals surface area contributed by atoms with Crippen LogP contribution in [0.25, 0.3) is 0 Å². The third-order valence-electron chi connectivity index (χ3n) is 5.15. The summed E-state index contributed by atoms with van der Waals surface area (Å²) >= 11 is 0. The first kappa shape index (κ1) is 19.5. The normalized spacial score (nSPS) is 26.3. The summed E-state index contributed by atoms with van der Waals surface area (Å²) in [6.45, 7) is 9.12. The monoisotopic (exact) mass is 348 g/mol. The molecule has 2 fully saturated rings. The molecule has 0 radical (unpaired) electrons. The summed E-state index contributed by atoms with van der Waals surface area (Å²) < 4.78 is 5.90. The van der Waals surface area contributed by atoms with Crippen LogP contribution in [0.2, 0.25) is 19.6 Å². The molecule has 3 heteroatoms. The van der Waals surface area contributed by atoms with Crippen LogP contribution in [-0.4, -0.2) is 20.1 Å². The van der Waals surface area contributed by atoms with E-state index in [-0.39, 0.29) is 12.1 Å². The molecule has 24 heavy (non-hydrogen) atoms. The fourth-order valence-electron chi connectivity index (χ4n) is 3.93. The molecule has 1 aliphatic heterocycles. The fraction of sp³-hybridized carbons (Fsp3) is 0.762. The van der Waals surface area contributed by atoms with Crippen LogP contribution in [0.4, 0.5) is 0 Å². The van der Waals surface area contributed by atoms with Crippen molar-refractivity contribution in [2.75, 3.05) is 0 Å². The van der Waals surface area contributed by atoms with Gasteiger partial charge in [0.2, 0.25) is 0 Å². The maximum atomic E-state index is 12.5. The van der Waals surface area contributed by atoms with Gasteiger partial charge < -0.3 is 4.74 Å². The Labute approximate surface area is 149 Å². The lowest BCUT2D eigenvalue weighted by atomic mass is 9.82. The number of carbonyl (C=O) groups is 1. The maximum Gasteiger partial charge on any atom is 0.338 e. The first-order chi connectivity index (χ1) is 11.4. The zero-order chi connectivity index (χ0) is 17.6. The largest absolute Gasteiger partial charge is 0.454 e. The summed E-state index contributed by atoms with van der Waals surface area (Å²) in [5.41, 5.74) is 4.39. The Morgan fingerprint density at radius 3 is 2.42 bits per heavy atom. The van der Waals surface area contributed by atoms with Crippen LogP contribution in [0.3, 0.4) is 0 Å². The molecule has 1 unspecified atom stereocenters. The van der Waals surface area contributed by atoms with E-state index in [1.54, 1.807) is 0 Å². The minimum absolute atomic E-state index is 0.0339. The molecule has 2 rings (SSSR count). The van der Waals surface area contributed by atoms with Crippen LogP contribution in [0.1, 0.15) is 71.1 Å². The lowest BCUT2D eigenvalue weighted by molar-refractivity contribution is -0.140. The van der Waals surface area contributed by atoms with Crippen molar-refractivity contribution in [1.82, 2.24) is 0 Å². The highest BCUT2D eigenvalue weighted by Crippen LogP contribution is 2.39. The standard InChI is InChI=1S/C21H36O2Si/c1-5-6-7-8-12-15-18-19(16-24(2,3)4)21(22)23-20(18)17-13-10-9-11-14-17/h15-17,20H,5-14H2,1-4H3/b18-15-,19-16-. The van der Waals surface area contributed by atoms with Crippen LogP contribution in [0, 0.1) is 5.92 Å². The van der Waals surface area contributed by atoms with Crippen molar-refractivity contribution in [3.63, 3.8) is 0 Å². The number of allylic oxidation sites excluding steroid dienone is 1. The number of hydrogen-bond donors (Lipinski definition) is 0. The Morgan fingerprint density at radius 1 is 1.08 bits per heavy atom. The second kappa shape index (κ2) is 9.03. The summed E-state index contributed by atoms with van der Waals surface area (Å²) in [5, 5.41) is 0. The lowest BCUT2D eigenvalue weighted by Crippen LogP contribution is -2.24. The number of rotatable bonds is 7. The molecule has 1 saturated carbocycles. The van der Waals surface area contributed by atoms with Gasteiger partial charge in [0, 0.05) is 11.5 Å². The van der Waals surface area contributed by atoms with Gasteiger partial charge in [-0.15, -0.1) is 0 Å². The topological polar surface area (TPSA) is 26.3 Å². The van der Waals surface area contributed by atoms with E-state index < -0.39 is 8.07 Å². The SMILES string of the molecule is CCCCCC/C=C1/C(=C/[Si](C)(C)C)C(=O)OC1C1CCCCC1. The molecule has 1 heterocycles. The highest BCUT2D eigenvalue weighted by atomic mass is 28.3. The quantitative estimate of drug-likeness (QED) is 0.237. The summed E-state index contributed by atoms with van der Waals surface area (Å²) in [5.74, 6) is 0.477. The Morgan fingerprint density at radius 2 is 1.79 bits per heavy atom. The number of hydrogen-bond acceptors (Lipinski definition) is 2. The van der Waals surface area contributed by atoms with Crippen molar-refractivity contribution in [2.45, 2.75) is 96.9 Å². The van der Waals surface area contributed by atoms with E-state index in [0.29, 0.717) is 5.92 Å². The van der Waals surface area contributed by atoms with E-state index in [1.807, 2.05) is 0 Å². The number of unbranched alkanes of at least 4 members (excludes halogenated alkanes) is 4. The second-order valence-corrected chi connectivity index (χ2v) is 13.7. The third kappa shape index (κ3) is 5.61. The van der Waals surface area contributed by atoms with E-state index in [0.717, 1.165) is 12.0 Å². The predicted octanol–water partition coefficient (Wildman–Crippen LogP) is 6.19. The van der Waals surface area contributed by atoms with Gasteiger partial charge in [0.05, 0.1) is 13.6 Å². The highest BCUT2D eigenvalue weighted by molar-refractivity contribution is 6.81. The van der Waals surface area contributed by atoms with Gasteiger partial charge in [0.1, 0.15) is 6.10 Å². The van der Waals surface area contributed by atoms with E-state index in [9.17, 15) is 4.79 Å². The van der Waals surface area contributed by atoms with Gasteiger partial charge in [-0.3, -0.25) is 0 Å². The molecular formula is C21H36O2Si. The zero-order valence-electron chi connectivity index (χ0n) is 16.2. The van der Waals surface area contributed by atoms with Gasteiger partial charge in [-0.2, -0.15) is 0 Å². The van der Waals surface area contributed by atoms with E-state index in [1.165, 1.54) is 63.4 Å². The zero-order valence-corrected chi connectivity index (χ0v) is 17.2. The van der Waals surface area contributed by atoms with Crippen LogP contribution in [-0.2, 0) is 9.53 Å². The molecule has 1 aliphatic carbocycles. The van der Waals surface area contributed by atoms with Crippen molar-refractivity contribution < 1.29 is 9.53 Å². The molecule has 2 aliphatic rings. The van der Waals surface area contributed by atoms with Crippen molar-refractivity contribution in [3.05, 3.63) is 22.9 Å². The number of carbonyl (C=O) groups excluding carboxylic acids is 1. The summed E-state index contributed by atoms with van der Waals surface area (Å²) in [7, 11) is -1.45. The van der Waals surface area contributed by atoms with Gasteiger partial charge in [0.25, 0.3) is 0 Å². The Kier molecular flexibility index (Phi) is 7.33. The van der Waals surface area contributed by atoms with Gasteiger partial charge in [-0.25, -0.2) is 4.79 Å². The molecule has 1 atom stereocenters. The summed E-state index contributed by atoms with van der Waals surface area (Å²) in [6.07, 6.45) is 14.9. The molecule has 0 N–H and O–H groups in total. The fourth-order valence-corrected chi connectivity index (χ4v) is 5.08. The Balaban J connectivity index is 2.17. The average molecular weight is 349 g/mol. The highest BCUT2D eigenvalue weighted by Gasteiger charge is 2.40. The molecular weight excluding hydrogens is 312 g/mol. The Bertz CT molecular complexity index is 479. The van der Waals surface area contributed by atoms with Crippen molar-refractivity contribution in [3.8, 4) is 0 Å². The molecule has 136 valence electrons. The molecule has 0 bridgehead atoms. The molecule has 1 saturated heterocycles. The van der Waals surface area contributed by atoms with Gasteiger partial charge >= 0.3 is 5.97 Å². The van der Waals surface area contributed by atoms with Gasteiger partial charge in [-0.1, -0.05) is 76.9 Å². The maximum absolute atomic E-state index is 12.5. The molecule has 0 aromatic rings. The number of esters is 1. The smallest absolute Gasteiger partial charge is 0.338 e. The number of cyclic esters (lactones) is 1. The molecule has 0 aromatic carbocycles. The van der Waals surface area contributed by atoms with Crippen molar-refractivity contribution in [1.29, 1.82) is 0 Å². The predicted molar refractivity (Wildman–Crippen MR) is 105 cm³/mol. The first-order valence-corrected chi connectivity index (χ1v) is 13.6. The molecule has 2 nitrogen and oxygen atoms in total. The van der Waals surface area contributed by atoms with E-state index in [2.05, 4.69) is 38.3 Å². The second-order valence-electron chi connectivity index (χ2n) is 8.66. The van der Waals surface area contributed by atoms with Gasteiger partial charge in [0.15, 0.2) is 0 Å². The minimum Gasteiger partial charge on any atom is -0.454 e. The van der Waals surface area contributed by atoms with E-state index in [4.69, 9.17) is 4.74 Å². The average Bonchev–Trinajstić information content (AvgIpc) is 2.83. The summed E-state index contributed by atoms with van der Waals surface area (Å²) in [4.78, 5) is 12.5. The Hall–Kier alpha value is -0.833. The number of ether oxygens (including phenoxy) is 1. The molecule has 0 aromatic heterocycles. The van der Waals surface area contributed by atoms with Crippen molar-refractivity contribution in [2.24, 2.45) is 5.92 Å². The van der Waals surface area contributed by atoms with Crippen LogP contribution in [0.5, 0.6) is 0 Å². The first-order valence-electron chi connectivity index (χ1n) is 10.1.